The van der Waals surface area contributed by atoms with Crippen LogP contribution in [0.4, 0.5) is 13.2 Å². The Morgan fingerprint density at radius 3 is 2.68 bits per heavy atom. The van der Waals surface area contributed by atoms with E-state index < -0.39 is 41.0 Å². The van der Waals surface area contributed by atoms with Crippen LogP contribution in [0.2, 0.25) is 0 Å². The second kappa shape index (κ2) is 7.05. The van der Waals surface area contributed by atoms with Crippen molar-refractivity contribution >= 4 is 22.4 Å². The number of allylic oxidation sites excluding steroid dienone is 2. The molecule has 0 radical (unpaired) electrons. The first-order valence-electron chi connectivity index (χ1n) is 9.70. The van der Waals surface area contributed by atoms with Gasteiger partial charge in [-0.25, -0.2) is 13.2 Å². The zero-order valence-electron chi connectivity index (χ0n) is 16.4. The minimum Gasteiger partial charge on any atom is -0.332 e. The number of carbonyl (C=O) groups is 1. The van der Waals surface area contributed by atoms with Crippen molar-refractivity contribution in [1.82, 2.24) is 15.2 Å². The number of fused-ring (bicyclic) bond motifs is 4. The quantitative estimate of drug-likeness (QED) is 0.775. The van der Waals surface area contributed by atoms with Gasteiger partial charge in [0.25, 0.3) is 11.5 Å². The molecule has 2 N–H and O–H groups in total. The maximum absolute atomic E-state index is 14.0. The fraction of sp³-hybridized carbons (Fsp3) is 0.227. The number of amides is 1. The highest BCUT2D eigenvalue weighted by Gasteiger charge is 2.33. The van der Waals surface area contributed by atoms with Crippen LogP contribution in [0.25, 0.3) is 10.8 Å². The molecule has 1 aromatic heterocycles. The molecule has 5 rings (SSSR count). The van der Waals surface area contributed by atoms with Crippen LogP contribution in [-0.4, -0.2) is 41.1 Å². The SMILES string of the molecule is CN(C(=O)C1=NC2C=CC(F)=CC2=C1)C1CNCc2[nH]c(=O)c3cc(F)c(F)cc3c21. The molecule has 158 valence electrons. The van der Waals surface area contributed by atoms with Crippen LogP contribution in [-0.2, 0) is 11.3 Å². The molecular weight excluding hydrogens is 409 g/mol. The van der Waals surface area contributed by atoms with Crippen molar-refractivity contribution in [3.8, 4) is 0 Å². The van der Waals surface area contributed by atoms with Crippen molar-refractivity contribution in [3.63, 3.8) is 0 Å². The number of nitrogens with zero attached hydrogens (tertiary/aromatic N) is 2. The molecule has 31 heavy (non-hydrogen) atoms. The predicted octanol–water partition coefficient (Wildman–Crippen LogP) is 2.58. The van der Waals surface area contributed by atoms with Crippen molar-refractivity contribution in [2.24, 2.45) is 4.99 Å². The first-order chi connectivity index (χ1) is 14.8. The summed E-state index contributed by atoms with van der Waals surface area (Å²) in [6.45, 7) is 0.664. The van der Waals surface area contributed by atoms with E-state index in [4.69, 9.17) is 0 Å². The summed E-state index contributed by atoms with van der Waals surface area (Å²) >= 11 is 0. The molecular formula is C22H17F3N4O2. The molecule has 1 aliphatic carbocycles. The van der Waals surface area contributed by atoms with E-state index in [2.05, 4.69) is 15.3 Å². The van der Waals surface area contributed by atoms with E-state index in [0.717, 1.165) is 12.1 Å². The standard InChI is InChI=1S/C22H17F3N4O2/c1-29(22(31)17-5-10-4-11(23)2-3-16(10)27-17)19-9-26-8-18-20(19)12-6-14(24)15(25)7-13(12)21(30)28-18/h2-7,16,19,26H,8-9H2,1H3,(H,28,30). The third-order valence-corrected chi connectivity index (χ3v) is 5.83. The summed E-state index contributed by atoms with van der Waals surface area (Å²) in [5.74, 6) is -2.99. The van der Waals surface area contributed by atoms with Gasteiger partial charge in [0, 0.05) is 31.4 Å². The number of benzene rings is 1. The number of aromatic amines is 1. The Morgan fingerprint density at radius 2 is 1.90 bits per heavy atom. The van der Waals surface area contributed by atoms with Crippen LogP contribution in [0.15, 0.2) is 57.6 Å². The Bertz CT molecular complexity index is 1320. The van der Waals surface area contributed by atoms with Crippen LogP contribution in [0.1, 0.15) is 17.3 Å². The fourth-order valence-electron chi connectivity index (χ4n) is 4.29. The summed E-state index contributed by atoms with van der Waals surface area (Å²) in [6, 6.07) is 0.899. The summed E-state index contributed by atoms with van der Waals surface area (Å²) in [4.78, 5) is 34.1. The van der Waals surface area contributed by atoms with Gasteiger partial charge in [-0.1, -0.05) is 6.08 Å². The number of rotatable bonds is 2. The fourth-order valence-corrected chi connectivity index (χ4v) is 4.29. The van der Waals surface area contributed by atoms with Gasteiger partial charge in [0.1, 0.15) is 11.5 Å². The lowest BCUT2D eigenvalue weighted by Gasteiger charge is -2.34. The second-order valence-electron chi connectivity index (χ2n) is 7.71. The van der Waals surface area contributed by atoms with Crippen molar-refractivity contribution in [2.45, 2.75) is 18.6 Å². The molecule has 0 saturated carbocycles. The highest BCUT2D eigenvalue weighted by molar-refractivity contribution is 6.44. The van der Waals surface area contributed by atoms with E-state index in [-0.39, 0.29) is 16.5 Å². The topological polar surface area (TPSA) is 77.6 Å². The lowest BCUT2D eigenvalue weighted by Crippen LogP contribution is -2.43. The van der Waals surface area contributed by atoms with Gasteiger partial charge < -0.3 is 15.2 Å². The molecule has 0 saturated heterocycles. The highest BCUT2D eigenvalue weighted by atomic mass is 19.2. The van der Waals surface area contributed by atoms with E-state index in [9.17, 15) is 22.8 Å². The van der Waals surface area contributed by atoms with Crippen molar-refractivity contribution in [3.05, 3.63) is 81.1 Å². The number of H-pyrrole nitrogens is 1. The molecule has 3 aliphatic rings. The average molecular weight is 426 g/mol. The molecule has 3 heterocycles. The molecule has 2 aromatic rings. The Morgan fingerprint density at radius 1 is 1.16 bits per heavy atom. The zero-order chi connectivity index (χ0) is 21.9. The van der Waals surface area contributed by atoms with Crippen LogP contribution in [0.5, 0.6) is 0 Å². The molecule has 6 nitrogen and oxygen atoms in total. The summed E-state index contributed by atoms with van der Waals surface area (Å²) in [5.41, 5.74) is 1.30. The maximum Gasteiger partial charge on any atom is 0.272 e. The molecule has 2 unspecified atom stereocenters. The Kier molecular flexibility index (Phi) is 4.44. The van der Waals surface area contributed by atoms with Crippen LogP contribution in [0, 0.1) is 11.6 Å². The molecule has 9 heteroatoms. The van der Waals surface area contributed by atoms with Gasteiger partial charge in [-0.05, 0) is 41.3 Å². The van der Waals surface area contributed by atoms with Crippen molar-refractivity contribution in [2.75, 3.05) is 13.6 Å². The van der Waals surface area contributed by atoms with Gasteiger partial charge >= 0.3 is 0 Å². The van der Waals surface area contributed by atoms with Crippen molar-refractivity contribution in [1.29, 1.82) is 0 Å². The van der Waals surface area contributed by atoms with E-state index in [1.165, 1.54) is 17.1 Å². The number of pyridine rings is 1. The summed E-state index contributed by atoms with van der Waals surface area (Å²) in [7, 11) is 1.58. The number of halogens is 3. The van der Waals surface area contributed by atoms with Gasteiger partial charge in [-0.15, -0.1) is 0 Å². The van der Waals surface area contributed by atoms with Gasteiger partial charge in [-0.3, -0.25) is 14.6 Å². The Labute approximate surface area is 174 Å². The summed E-state index contributed by atoms with van der Waals surface area (Å²) in [6.07, 6.45) is 5.76. The predicted molar refractivity (Wildman–Crippen MR) is 109 cm³/mol. The van der Waals surface area contributed by atoms with Crippen LogP contribution < -0.4 is 10.9 Å². The Balaban J connectivity index is 1.57. The number of aromatic nitrogens is 1. The molecule has 0 fully saturated rings. The van der Waals surface area contributed by atoms with Gasteiger partial charge in [0.2, 0.25) is 0 Å². The first kappa shape index (κ1) is 19.5. The monoisotopic (exact) mass is 426 g/mol. The Hall–Kier alpha value is -3.46. The zero-order valence-corrected chi connectivity index (χ0v) is 16.4. The minimum absolute atomic E-state index is 0.0162. The number of carbonyl (C=O) groups excluding carboxylic acids is 1. The molecule has 0 spiro atoms. The molecule has 0 bridgehead atoms. The molecule has 1 amide bonds. The van der Waals surface area contributed by atoms with Gasteiger partial charge in [-0.2, -0.15) is 0 Å². The van der Waals surface area contributed by atoms with Crippen LogP contribution in [0.3, 0.4) is 0 Å². The number of hydrogen-bond acceptors (Lipinski definition) is 4. The number of aliphatic imine (C=N–C) groups is 1. The lowest BCUT2D eigenvalue weighted by atomic mass is 9.93. The average Bonchev–Trinajstić information content (AvgIpc) is 3.17. The molecule has 2 atom stereocenters. The summed E-state index contributed by atoms with van der Waals surface area (Å²) in [5, 5.41) is 3.41. The minimum atomic E-state index is -1.12. The smallest absolute Gasteiger partial charge is 0.272 e. The van der Waals surface area contributed by atoms with Gasteiger partial charge in [0.15, 0.2) is 11.6 Å². The third kappa shape index (κ3) is 3.12. The summed E-state index contributed by atoms with van der Waals surface area (Å²) < 4.78 is 41.3. The first-order valence-corrected chi connectivity index (χ1v) is 9.70. The maximum atomic E-state index is 14.0. The number of hydrogen-bond donors (Lipinski definition) is 2. The number of nitrogens with one attached hydrogen (secondary N) is 2. The second-order valence-corrected chi connectivity index (χ2v) is 7.71. The largest absolute Gasteiger partial charge is 0.332 e. The van der Waals surface area contributed by atoms with E-state index in [1.54, 1.807) is 19.2 Å². The number of likely N-dealkylation sites (N-methyl/N-ethyl adjacent to an activating group) is 1. The third-order valence-electron chi connectivity index (χ3n) is 5.83. The van der Waals surface area contributed by atoms with Crippen LogP contribution >= 0.6 is 0 Å². The normalized spacial score (nSPS) is 21.9. The van der Waals surface area contributed by atoms with Gasteiger partial charge in [0.05, 0.1) is 17.5 Å². The van der Waals surface area contributed by atoms with E-state index in [1.807, 2.05) is 0 Å². The van der Waals surface area contributed by atoms with E-state index >= 15 is 0 Å². The lowest BCUT2D eigenvalue weighted by molar-refractivity contribution is -0.124. The molecule has 2 aliphatic heterocycles. The van der Waals surface area contributed by atoms with Crippen molar-refractivity contribution < 1.29 is 18.0 Å². The highest BCUT2D eigenvalue weighted by Crippen LogP contribution is 2.33. The molecule has 1 aromatic carbocycles. The van der Waals surface area contributed by atoms with E-state index in [0.29, 0.717) is 29.9 Å².